The van der Waals surface area contributed by atoms with Crippen LogP contribution in [0.25, 0.3) is 0 Å². The molecule has 0 fully saturated rings. The molecule has 0 aliphatic rings. The van der Waals surface area contributed by atoms with Gasteiger partial charge in [-0.15, -0.1) is 0 Å². The van der Waals surface area contributed by atoms with Crippen LogP contribution in [-0.2, 0) is 9.53 Å². The molecule has 0 aliphatic carbocycles. The van der Waals surface area contributed by atoms with Crippen molar-refractivity contribution in [2.45, 2.75) is 13.1 Å². The Balaban J connectivity index is 4.30. The second-order valence-electron chi connectivity index (χ2n) is 1.75. The summed E-state index contributed by atoms with van der Waals surface area (Å²) in [5, 5.41) is -0.968. The topological polar surface area (TPSA) is 26.3 Å². The summed E-state index contributed by atoms with van der Waals surface area (Å²) in [7, 11) is 0. The highest BCUT2D eigenvalue weighted by molar-refractivity contribution is 6.43. The second kappa shape index (κ2) is 4.35. The number of ether oxygens (including phenoxy) is 1. The monoisotopic (exact) mass is 202 g/mol. The van der Waals surface area contributed by atoms with E-state index in [-0.39, 0.29) is 6.61 Å². The lowest BCUT2D eigenvalue weighted by Crippen LogP contribution is -2.22. The lowest BCUT2D eigenvalue weighted by molar-refractivity contribution is -0.165. The van der Waals surface area contributed by atoms with Gasteiger partial charge in [-0.05, 0) is 6.92 Å². The van der Waals surface area contributed by atoms with E-state index in [4.69, 9.17) is 11.6 Å². The van der Waals surface area contributed by atoms with E-state index >= 15 is 0 Å². The number of carbonyl (C=O) groups excluding carboxylic acids is 1. The Labute approximate surface area is 71.9 Å². The zero-order valence-corrected chi connectivity index (χ0v) is 6.87. The van der Waals surface area contributed by atoms with Crippen molar-refractivity contribution in [2.75, 3.05) is 6.61 Å². The molecule has 70 valence electrons. The Morgan fingerprint density at radius 2 is 2.08 bits per heavy atom. The summed E-state index contributed by atoms with van der Waals surface area (Å²) >= 11 is 4.96. The summed E-state index contributed by atoms with van der Waals surface area (Å²) in [6.07, 6.45) is -4.36. The number of alkyl halides is 3. The fourth-order valence-corrected chi connectivity index (χ4v) is 0.516. The zero-order chi connectivity index (χ0) is 9.78. The highest BCUT2D eigenvalue weighted by atomic mass is 35.5. The number of allylic oxidation sites excluding steroid dienone is 1. The van der Waals surface area contributed by atoms with Crippen molar-refractivity contribution < 1.29 is 22.7 Å². The summed E-state index contributed by atoms with van der Waals surface area (Å²) < 4.78 is 39.2. The maximum absolute atomic E-state index is 11.6. The summed E-state index contributed by atoms with van der Waals surface area (Å²) in [5.74, 6) is -2.10. The Kier molecular flexibility index (Phi) is 4.09. The van der Waals surface area contributed by atoms with Crippen molar-refractivity contribution in [1.29, 1.82) is 0 Å². The van der Waals surface area contributed by atoms with Crippen LogP contribution in [0.5, 0.6) is 0 Å². The molecule has 0 heterocycles. The standard InChI is InChI=1S/C6H6ClF3O2/c1-2-12-3-4(7)5(11)6(8,9)10/h3H,2H2,1H3. The smallest absolute Gasteiger partial charge is 0.455 e. The molecule has 0 aromatic heterocycles. The molecule has 0 aromatic carbocycles. The highest BCUT2D eigenvalue weighted by Gasteiger charge is 2.40. The van der Waals surface area contributed by atoms with Gasteiger partial charge >= 0.3 is 6.18 Å². The largest absolute Gasteiger partial charge is 0.500 e. The first kappa shape index (κ1) is 11.3. The van der Waals surface area contributed by atoms with Crippen molar-refractivity contribution in [3.05, 3.63) is 11.3 Å². The molecule has 6 heteroatoms. The number of hydrogen-bond acceptors (Lipinski definition) is 2. The van der Waals surface area contributed by atoms with Gasteiger partial charge < -0.3 is 4.74 Å². The van der Waals surface area contributed by atoms with E-state index in [0.29, 0.717) is 6.26 Å². The van der Waals surface area contributed by atoms with Crippen LogP contribution in [-0.4, -0.2) is 18.6 Å². The lowest BCUT2D eigenvalue weighted by Gasteiger charge is -2.02. The molecule has 0 N–H and O–H groups in total. The number of rotatable bonds is 3. The lowest BCUT2D eigenvalue weighted by atomic mass is 10.4. The van der Waals surface area contributed by atoms with E-state index in [1.807, 2.05) is 0 Å². The van der Waals surface area contributed by atoms with Crippen molar-refractivity contribution in [3.8, 4) is 0 Å². The van der Waals surface area contributed by atoms with E-state index in [1.165, 1.54) is 0 Å². The fourth-order valence-electron chi connectivity index (χ4n) is 0.345. The molecule has 0 aromatic rings. The van der Waals surface area contributed by atoms with Gasteiger partial charge in [0.2, 0.25) is 0 Å². The predicted octanol–water partition coefficient (Wildman–Crippen LogP) is 2.23. The van der Waals surface area contributed by atoms with Crippen LogP contribution >= 0.6 is 11.6 Å². The molecule has 0 aliphatic heterocycles. The Hall–Kier alpha value is -0.710. The average Bonchev–Trinajstić information content (AvgIpc) is 1.97. The van der Waals surface area contributed by atoms with Crippen LogP contribution in [0.1, 0.15) is 6.92 Å². The van der Waals surface area contributed by atoms with Gasteiger partial charge in [0.15, 0.2) is 0 Å². The normalized spacial score (nSPS) is 12.9. The quantitative estimate of drug-likeness (QED) is 0.518. The molecule has 0 amide bonds. The van der Waals surface area contributed by atoms with Gasteiger partial charge in [-0.2, -0.15) is 13.2 Å². The van der Waals surface area contributed by atoms with E-state index in [1.54, 1.807) is 6.92 Å². The Morgan fingerprint density at radius 1 is 1.58 bits per heavy atom. The van der Waals surface area contributed by atoms with Gasteiger partial charge in [0.1, 0.15) is 11.3 Å². The summed E-state index contributed by atoms with van der Waals surface area (Å²) in [6.45, 7) is 1.71. The summed E-state index contributed by atoms with van der Waals surface area (Å²) in [4.78, 5) is 10.3. The number of carbonyl (C=O) groups is 1. The number of ketones is 1. The third-order valence-corrected chi connectivity index (χ3v) is 1.09. The first-order valence-electron chi connectivity index (χ1n) is 2.98. The SMILES string of the molecule is CCOC=C(Cl)C(=O)C(F)(F)F. The molecule has 0 bridgehead atoms. The van der Waals surface area contributed by atoms with Gasteiger partial charge in [-0.25, -0.2) is 0 Å². The van der Waals surface area contributed by atoms with Gasteiger partial charge in [-0.1, -0.05) is 11.6 Å². The Morgan fingerprint density at radius 3 is 2.42 bits per heavy atom. The third-order valence-electron chi connectivity index (χ3n) is 0.828. The van der Waals surface area contributed by atoms with Crippen molar-refractivity contribution >= 4 is 17.4 Å². The molecule has 0 saturated heterocycles. The molecule has 2 nitrogen and oxygen atoms in total. The third kappa shape index (κ3) is 3.61. The maximum Gasteiger partial charge on any atom is 0.455 e. The predicted molar refractivity (Wildman–Crippen MR) is 36.6 cm³/mol. The summed E-state index contributed by atoms with van der Waals surface area (Å²) in [6, 6.07) is 0. The van der Waals surface area contributed by atoms with Gasteiger partial charge in [0.25, 0.3) is 5.78 Å². The Bertz CT molecular complexity index is 197. The first-order valence-corrected chi connectivity index (χ1v) is 3.36. The highest BCUT2D eigenvalue weighted by Crippen LogP contribution is 2.22. The minimum atomic E-state index is -4.94. The maximum atomic E-state index is 11.6. The average molecular weight is 203 g/mol. The van der Waals surface area contributed by atoms with Crippen molar-refractivity contribution in [1.82, 2.24) is 0 Å². The minimum absolute atomic E-state index is 0.154. The fraction of sp³-hybridized carbons (Fsp3) is 0.500. The molecule has 12 heavy (non-hydrogen) atoms. The van der Waals surface area contributed by atoms with E-state index in [0.717, 1.165) is 0 Å². The number of halogens is 4. The van der Waals surface area contributed by atoms with Crippen LogP contribution in [0, 0.1) is 0 Å². The minimum Gasteiger partial charge on any atom is -0.500 e. The molecule has 0 unspecified atom stereocenters. The van der Waals surface area contributed by atoms with Gasteiger partial charge in [0, 0.05) is 0 Å². The van der Waals surface area contributed by atoms with Crippen LogP contribution in [0.4, 0.5) is 13.2 Å². The van der Waals surface area contributed by atoms with Crippen molar-refractivity contribution in [2.24, 2.45) is 0 Å². The summed E-state index contributed by atoms with van der Waals surface area (Å²) in [5.41, 5.74) is 0. The van der Waals surface area contributed by atoms with Gasteiger partial charge in [-0.3, -0.25) is 4.79 Å². The van der Waals surface area contributed by atoms with Crippen molar-refractivity contribution in [3.63, 3.8) is 0 Å². The van der Waals surface area contributed by atoms with Crippen LogP contribution in [0.2, 0.25) is 0 Å². The van der Waals surface area contributed by atoms with Crippen LogP contribution in [0.3, 0.4) is 0 Å². The van der Waals surface area contributed by atoms with Crippen LogP contribution in [0.15, 0.2) is 11.3 Å². The zero-order valence-electron chi connectivity index (χ0n) is 6.11. The molecular formula is C6H6ClF3O2. The molecular weight excluding hydrogens is 197 g/mol. The van der Waals surface area contributed by atoms with E-state index in [9.17, 15) is 18.0 Å². The van der Waals surface area contributed by atoms with E-state index < -0.39 is 17.0 Å². The van der Waals surface area contributed by atoms with Crippen LogP contribution < -0.4 is 0 Å². The number of hydrogen-bond donors (Lipinski definition) is 0. The molecule has 0 atom stereocenters. The number of Topliss-reactive ketones (excluding diaryl/α,β-unsaturated/α-hetero) is 1. The van der Waals surface area contributed by atoms with Gasteiger partial charge in [0.05, 0.1) is 6.61 Å². The molecule has 0 rings (SSSR count). The molecule has 0 spiro atoms. The molecule has 0 radical (unpaired) electrons. The first-order chi connectivity index (χ1) is 5.39. The van der Waals surface area contributed by atoms with E-state index in [2.05, 4.69) is 4.74 Å². The molecule has 0 saturated carbocycles. The second-order valence-corrected chi connectivity index (χ2v) is 2.16.